The van der Waals surface area contributed by atoms with Gasteiger partial charge in [0, 0.05) is 22.7 Å². The molecule has 5 nitrogen and oxygen atoms in total. The van der Waals surface area contributed by atoms with Crippen molar-refractivity contribution in [3.05, 3.63) is 146 Å². The molecule has 3 aromatic heterocycles. The van der Waals surface area contributed by atoms with Crippen LogP contribution in [0.15, 0.2) is 150 Å². The summed E-state index contributed by atoms with van der Waals surface area (Å²) in [5.41, 5.74) is 4.03. The number of para-hydroxylation sites is 1. The van der Waals surface area contributed by atoms with E-state index in [0.29, 0.717) is 23.2 Å². The zero-order valence-corrected chi connectivity index (χ0v) is 25.1. The van der Waals surface area contributed by atoms with E-state index in [2.05, 4.69) is 109 Å². The normalized spacial score (nSPS) is 11.8. The maximum atomic E-state index is 6.20. The number of fused-ring (bicyclic) bond motifs is 9. The van der Waals surface area contributed by atoms with Gasteiger partial charge in [-0.2, -0.15) is 0 Å². The van der Waals surface area contributed by atoms with Gasteiger partial charge in [-0.1, -0.05) is 115 Å². The minimum absolute atomic E-state index is 0.500. The van der Waals surface area contributed by atoms with E-state index in [4.69, 9.17) is 24.4 Å². The van der Waals surface area contributed by atoms with Gasteiger partial charge in [0.25, 0.3) is 0 Å². The summed E-state index contributed by atoms with van der Waals surface area (Å²) in [4.78, 5) is 20.0. The highest BCUT2D eigenvalue weighted by atomic mass is 16.3. The van der Waals surface area contributed by atoms with E-state index in [1.165, 1.54) is 26.9 Å². The molecule has 0 saturated heterocycles. The third-order valence-electron chi connectivity index (χ3n) is 9.13. The van der Waals surface area contributed by atoms with E-state index in [0.717, 1.165) is 49.2 Å². The van der Waals surface area contributed by atoms with Gasteiger partial charge in [0.15, 0.2) is 17.5 Å². The summed E-state index contributed by atoms with van der Waals surface area (Å²) in [5.74, 6) is 1.68. The molecule has 0 N–H and O–H groups in total. The van der Waals surface area contributed by atoms with E-state index in [9.17, 15) is 0 Å². The molecule has 0 unspecified atom stereocenters. The second-order valence-electron chi connectivity index (χ2n) is 11.9. The average Bonchev–Trinajstić information content (AvgIpc) is 3.53. The summed E-state index contributed by atoms with van der Waals surface area (Å²) >= 11 is 0. The highest BCUT2D eigenvalue weighted by molar-refractivity contribution is 6.20. The Kier molecular flexibility index (Phi) is 5.51. The first-order chi connectivity index (χ1) is 23.3. The van der Waals surface area contributed by atoms with Gasteiger partial charge in [-0.25, -0.2) is 15.0 Å². The van der Waals surface area contributed by atoms with Crippen molar-refractivity contribution in [1.29, 1.82) is 0 Å². The Labute approximate surface area is 268 Å². The van der Waals surface area contributed by atoms with Crippen molar-refractivity contribution in [3.8, 4) is 34.3 Å². The fraction of sp³-hybridized carbons (Fsp3) is 0. The summed E-state index contributed by atoms with van der Waals surface area (Å²) in [5, 5.41) is 11.4. The summed E-state index contributed by atoms with van der Waals surface area (Å²) in [6, 6.07) is 48.4. The van der Waals surface area contributed by atoms with Crippen LogP contribution in [0.1, 0.15) is 0 Å². The van der Waals surface area contributed by atoms with E-state index >= 15 is 0 Å². The lowest BCUT2D eigenvalue weighted by molar-refractivity contribution is 0.668. The predicted molar refractivity (Wildman–Crippen MR) is 191 cm³/mol. The molecule has 47 heavy (non-hydrogen) atoms. The van der Waals surface area contributed by atoms with Gasteiger partial charge >= 0.3 is 0 Å². The lowest BCUT2D eigenvalue weighted by atomic mass is 9.95. The third-order valence-corrected chi connectivity index (χ3v) is 9.13. The quantitative estimate of drug-likeness (QED) is 0.189. The van der Waals surface area contributed by atoms with Crippen LogP contribution < -0.4 is 0 Å². The van der Waals surface area contributed by atoms with Crippen LogP contribution in [-0.4, -0.2) is 19.9 Å². The number of benzene rings is 7. The molecule has 0 aliphatic rings. The second-order valence-corrected chi connectivity index (χ2v) is 11.9. The second kappa shape index (κ2) is 10.0. The van der Waals surface area contributed by atoms with Gasteiger partial charge in [0.1, 0.15) is 16.9 Å². The summed E-state index contributed by atoms with van der Waals surface area (Å²) in [6.07, 6.45) is 1.75. The number of rotatable bonds is 3. The number of hydrogen-bond donors (Lipinski definition) is 0. The Balaban J connectivity index is 1.22. The van der Waals surface area contributed by atoms with E-state index in [1.807, 2.05) is 30.3 Å². The molecule has 0 aliphatic heterocycles. The van der Waals surface area contributed by atoms with Crippen LogP contribution in [-0.2, 0) is 0 Å². The van der Waals surface area contributed by atoms with Crippen molar-refractivity contribution in [3.63, 3.8) is 0 Å². The molecule has 5 heteroatoms. The molecule has 0 amide bonds. The van der Waals surface area contributed by atoms with Crippen molar-refractivity contribution in [2.75, 3.05) is 0 Å². The molecular formula is C42H24N4O. The van der Waals surface area contributed by atoms with Crippen LogP contribution in [0.3, 0.4) is 0 Å². The molecule has 7 aromatic carbocycles. The number of hydrogen-bond acceptors (Lipinski definition) is 5. The molecule has 0 fully saturated rings. The number of pyridine rings is 1. The summed E-state index contributed by atoms with van der Waals surface area (Å²) in [7, 11) is 0. The van der Waals surface area contributed by atoms with Gasteiger partial charge in [-0.3, -0.25) is 4.98 Å². The van der Waals surface area contributed by atoms with E-state index in [-0.39, 0.29) is 0 Å². The molecular weight excluding hydrogens is 576 g/mol. The molecule has 218 valence electrons. The van der Waals surface area contributed by atoms with Crippen LogP contribution in [0.4, 0.5) is 0 Å². The largest absolute Gasteiger partial charge is 0.456 e. The van der Waals surface area contributed by atoms with Gasteiger partial charge in [-0.05, 0) is 67.4 Å². The molecule has 0 spiro atoms. The van der Waals surface area contributed by atoms with Crippen LogP contribution in [0.2, 0.25) is 0 Å². The van der Waals surface area contributed by atoms with Crippen LogP contribution in [0.25, 0.3) is 99.3 Å². The first-order valence-corrected chi connectivity index (χ1v) is 15.6. The fourth-order valence-corrected chi connectivity index (χ4v) is 6.88. The first kappa shape index (κ1) is 25.8. The van der Waals surface area contributed by atoms with Gasteiger partial charge in [-0.15, -0.1) is 0 Å². The summed E-state index contributed by atoms with van der Waals surface area (Å²) < 4.78 is 6.20. The first-order valence-electron chi connectivity index (χ1n) is 15.6. The summed E-state index contributed by atoms with van der Waals surface area (Å²) in [6.45, 7) is 0. The Morgan fingerprint density at radius 1 is 0.383 bits per heavy atom. The minimum Gasteiger partial charge on any atom is -0.456 e. The molecule has 0 radical (unpaired) electrons. The highest BCUT2D eigenvalue weighted by Crippen LogP contribution is 2.37. The number of furan rings is 1. The lowest BCUT2D eigenvalue weighted by Gasteiger charge is -2.11. The Morgan fingerprint density at radius 3 is 1.83 bits per heavy atom. The average molecular weight is 601 g/mol. The van der Waals surface area contributed by atoms with Gasteiger partial charge < -0.3 is 4.42 Å². The maximum Gasteiger partial charge on any atom is 0.183 e. The van der Waals surface area contributed by atoms with Crippen molar-refractivity contribution in [1.82, 2.24) is 19.9 Å². The van der Waals surface area contributed by atoms with E-state index in [1.54, 1.807) is 6.20 Å². The van der Waals surface area contributed by atoms with Crippen molar-refractivity contribution < 1.29 is 4.42 Å². The zero-order chi connectivity index (χ0) is 30.9. The molecule has 10 aromatic rings. The standard InChI is InChI=1S/C42H24N4O/c1-2-9-28-23-30(18-13-25(28)7-1)40-44-41(46-42(45-40)39-38-34-11-5-6-12-35(34)47-36(38)21-22-43-39)31-19-20-33-29(24-31)17-16-27-15-14-26-8-3-4-10-32(26)37(27)33/h1-24H. The topological polar surface area (TPSA) is 64.7 Å². The van der Waals surface area contributed by atoms with Gasteiger partial charge in [0.05, 0.1) is 5.39 Å². The SMILES string of the molecule is c1ccc2cc(-c3nc(-c4ccc5c(ccc6ccc7ccccc7c65)c4)nc(-c4nccc5oc6ccccc6c45)n3)ccc2c1. The van der Waals surface area contributed by atoms with Gasteiger partial charge in [0.2, 0.25) is 0 Å². The highest BCUT2D eigenvalue weighted by Gasteiger charge is 2.19. The third kappa shape index (κ3) is 4.10. The van der Waals surface area contributed by atoms with Crippen molar-refractivity contribution in [2.24, 2.45) is 0 Å². The van der Waals surface area contributed by atoms with Crippen LogP contribution in [0, 0.1) is 0 Å². The number of nitrogens with zero attached hydrogens (tertiary/aromatic N) is 4. The van der Waals surface area contributed by atoms with Crippen LogP contribution in [0.5, 0.6) is 0 Å². The number of aromatic nitrogens is 4. The minimum atomic E-state index is 0.500. The van der Waals surface area contributed by atoms with E-state index < -0.39 is 0 Å². The smallest absolute Gasteiger partial charge is 0.183 e. The Morgan fingerprint density at radius 2 is 0.979 bits per heavy atom. The maximum absolute atomic E-state index is 6.20. The molecule has 10 rings (SSSR count). The molecule has 0 bridgehead atoms. The Hall–Kier alpha value is -6.46. The van der Waals surface area contributed by atoms with Crippen molar-refractivity contribution in [2.45, 2.75) is 0 Å². The molecule has 0 aliphatic carbocycles. The van der Waals surface area contributed by atoms with Crippen LogP contribution >= 0.6 is 0 Å². The monoisotopic (exact) mass is 600 g/mol. The lowest BCUT2D eigenvalue weighted by Crippen LogP contribution is -2.01. The molecule has 0 saturated carbocycles. The van der Waals surface area contributed by atoms with Crippen molar-refractivity contribution >= 4 is 65.0 Å². The molecule has 0 atom stereocenters. The zero-order valence-electron chi connectivity index (χ0n) is 25.1. The predicted octanol–water partition coefficient (Wildman–Crippen LogP) is 10.8. The molecule has 3 heterocycles. The fourth-order valence-electron chi connectivity index (χ4n) is 6.88. The Bertz CT molecular complexity index is 2870.